The molecule has 2 atom stereocenters. The normalized spacial score (nSPS) is 21.9. The number of halogens is 4. The monoisotopic (exact) mass is 407 g/mol. The maximum Gasteiger partial charge on any atom is 0.416 e. The lowest BCUT2D eigenvalue weighted by Crippen LogP contribution is -2.35. The summed E-state index contributed by atoms with van der Waals surface area (Å²) in [4.78, 5) is 13.8. The highest BCUT2D eigenvalue weighted by molar-refractivity contribution is 9.09. The summed E-state index contributed by atoms with van der Waals surface area (Å²) in [6.45, 7) is 6.37. The van der Waals surface area contributed by atoms with Gasteiger partial charge in [-0.3, -0.25) is 0 Å². The number of benzene rings is 1. The molecule has 1 amide bonds. The van der Waals surface area contributed by atoms with Crippen molar-refractivity contribution in [2.45, 2.75) is 38.5 Å². The zero-order chi connectivity index (χ0) is 18.1. The average molecular weight is 408 g/mol. The zero-order valence-electron chi connectivity index (χ0n) is 13.9. The van der Waals surface area contributed by atoms with Crippen LogP contribution in [0.15, 0.2) is 24.3 Å². The Morgan fingerprint density at radius 1 is 1.21 bits per heavy atom. The van der Waals surface area contributed by atoms with Crippen LogP contribution in [-0.4, -0.2) is 35.0 Å². The molecule has 134 valence electrons. The first-order chi connectivity index (χ1) is 11.0. The minimum atomic E-state index is -4.34. The summed E-state index contributed by atoms with van der Waals surface area (Å²) in [6, 6.07) is 5.19. The van der Waals surface area contributed by atoms with Crippen molar-refractivity contribution >= 4 is 22.0 Å². The molecule has 1 aromatic rings. The van der Waals surface area contributed by atoms with Gasteiger partial charge in [-0.15, -0.1) is 0 Å². The Hall–Kier alpha value is -1.24. The lowest BCUT2D eigenvalue weighted by atomic mass is 9.90. The number of carbonyl (C=O) groups excluding carboxylic acids is 1. The molecule has 1 heterocycles. The van der Waals surface area contributed by atoms with E-state index in [1.807, 2.05) is 0 Å². The molecule has 24 heavy (non-hydrogen) atoms. The fourth-order valence-electron chi connectivity index (χ4n) is 2.80. The SMILES string of the molecule is CC(C)(C)OC(=O)N1C[C@H](CBr)[C@@H](c2ccc(C(F)(F)F)cc2)C1. The number of ether oxygens (including phenoxy) is 1. The molecule has 0 unspecified atom stereocenters. The first kappa shape index (κ1) is 19.1. The Morgan fingerprint density at radius 3 is 2.25 bits per heavy atom. The van der Waals surface area contributed by atoms with Gasteiger partial charge >= 0.3 is 12.3 Å². The van der Waals surface area contributed by atoms with Gasteiger partial charge in [0.2, 0.25) is 0 Å². The molecule has 0 bridgehead atoms. The Kier molecular flexibility index (Phi) is 5.52. The van der Waals surface area contributed by atoms with Crippen LogP contribution >= 0.6 is 15.9 Å². The van der Waals surface area contributed by atoms with Crippen LogP contribution in [-0.2, 0) is 10.9 Å². The predicted octanol–water partition coefficient (Wildman–Crippen LogP) is 5.05. The summed E-state index contributed by atoms with van der Waals surface area (Å²) < 4.78 is 43.4. The number of nitrogens with zero attached hydrogens (tertiary/aromatic N) is 1. The second-order valence-electron chi connectivity index (χ2n) is 7.03. The highest BCUT2D eigenvalue weighted by atomic mass is 79.9. The summed E-state index contributed by atoms with van der Waals surface area (Å²) in [7, 11) is 0. The molecule has 1 fully saturated rings. The van der Waals surface area contributed by atoms with Gasteiger partial charge in [-0.1, -0.05) is 28.1 Å². The molecule has 0 spiro atoms. The van der Waals surface area contributed by atoms with E-state index in [1.165, 1.54) is 12.1 Å². The minimum absolute atomic E-state index is 0.0147. The van der Waals surface area contributed by atoms with Crippen LogP contribution in [0.1, 0.15) is 37.8 Å². The number of carbonyl (C=O) groups is 1. The van der Waals surface area contributed by atoms with Crippen LogP contribution in [0, 0.1) is 5.92 Å². The van der Waals surface area contributed by atoms with Crippen molar-refractivity contribution in [3.05, 3.63) is 35.4 Å². The quantitative estimate of drug-likeness (QED) is 0.641. The minimum Gasteiger partial charge on any atom is -0.444 e. The maximum absolute atomic E-state index is 12.7. The van der Waals surface area contributed by atoms with Crippen molar-refractivity contribution in [3.8, 4) is 0 Å². The Bertz CT molecular complexity index is 581. The van der Waals surface area contributed by atoms with Gasteiger partial charge in [0.15, 0.2) is 0 Å². The third-order valence-electron chi connectivity index (χ3n) is 3.96. The molecule has 1 saturated heterocycles. The molecule has 0 N–H and O–H groups in total. The molecule has 0 saturated carbocycles. The highest BCUT2D eigenvalue weighted by Gasteiger charge is 2.38. The molecule has 0 aliphatic carbocycles. The molecule has 7 heteroatoms. The molecule has 0 aromatic heterocycles. The lowest BCUT2D eigenvalue weighted by Gasteiger charge is -2.24. The molecule has 0 radical (unpaired) electrons. The fraction of sp³-hybridized carbons (Fsp3) is 0.588. The second-order valence-corrected chi connectivity index (χ2v) is 7.67. The summed E-state index contributed by atoms with van der Waals surface area (Å²) in [5.41, 5.74) is -0.435. The molecule has 1 aliphatic rings. The van der Waals surface area contributed by atoms with Crippen LogP contribution in [0.5, 0.6) is 0 Å². The summed E-state index contributed by atoms with van der Waals surface area (Å²) >= 11 is 3.44. The van der Waals surface area contributed by atoms with Crippen molar-refractivity contribution in [2.75, 3.05) is 18.4 Å². The van der Waals surface area contributed by atoms with E-state index in [0.29, 0.717) is 18.4 Å². The molecular formula is C17H21BrF3NO2. The Labute approximate surface area is 148 Å². The van der Waals surface area contributed by atoms with Crippen molar-refractivity contribution in [1.82, 2.24) is 4.90 Å². The van der Waals surface area contributed by atoms with Gasteiger partial charge in [0.05, 0.1) is 5.56 Å². The molecule has 3 nitrogen and oxygen atoms in total. The van der Waals surface area contributed by atoms with E-state index in [0.717, 1.165) is 17.7 Å². The van der Waals surface area contributed by atoms with Crippen LogP contribution in [0.4, 0.5) is 18.0 Å². The molecule has 2 rings (SSSR count). The van der Waals surface area contributed by atoms with Gasteiger partial charge in [-0.2, -0.15) is 13.2 Å². The zero-order valence-corrected chi connectivity index (χ0v) is 15.4. The Balaban J connectivity index is 2.14. The molecule has 1 aliphatic heterocycles. The standard InChI is InChI=1S/C17H21BrF3NO2/c1-16(2,3)24-15(23)22-9-12(8-18)14(10-22)11-4-6-13(7-5-11)17(19,20)21/h4-7,12,14H,8-10H2,1-3H3/t12-,14+/m0/s1. The van der Waals surface area contributed by atoms with Crippen LogP contribution < -0.4 is 0 Å². The molecular weight excluding hydrogens is 387 g/mol. The van der Waals surface area contributed by atoms with Gasteiger partial charge in [0, 0.05) is 24.3 Å². The third kappa shape index (κ3) is 4.65. The second kappa shape index (κ2) is 6.94. The van der Waals surface area contributed by atoms with E-state index >= 15 is 0 Å². The topological polar surface area (TPSA) is 29.5 Å². The van der Waals surface area contributed by atoms with Crippen molar-refractivity contribution in [3.63, 3.8) is 0 Å². The van der Waals surface area contributed by atoms with Crippen molar-refractivity contribution < 1.29 is 22.7 Å². The smallest absolute Gasteiger partial charge is 0.416 e. The predicted molar refractivity (Wildman–Crippen MR) is 89.3 cm³/mol. The van der Waals surface area contributed by atoms with E-state index in [2.05, 4.69) is 15.9 Å². The first-order valence-electron chi connectivity index (χ1n) is 7.72. The third-order valence-corrected chi connectivity index (χ3v) is 4.79. The van der Waals surface area contributed by atoms with Crippen LogP contribution in [0.2, 0.25) is 0 Å². The first-order valence-corrected chi connectivity index (χ1v) is 8.84. The lowest BCUT2D eigenvalue weighted by molar-refractivity contribution is -0.137. The Morgan fingerprint density at radius 2 is 1.79 bits per heavy atom. The van der Waals surface area contributed by atoms with Crippen LogP contribution in [0.25, 0.3) is 0 Å². The highest BCUT2D eigenvalue weighted by Crippen LogP contribution is 2.36. The fourth-order valence-corrected chi connectivity index (χ4v) is 3.46. The summed E-state index contributed by atoms with van der Waals surface area (Å²) in [5.74, 6) is 0.119. The number of alkyl halides is 4. The summed E-state index contributed by atoms with van der Waals surface area (Å²) in [5, 5.41) is 0.665. The van der Waals surface area contributed by atoms with E-state index < -0.39 is 17.3 Å². The van der Waals surface area contributed by atoms with Crippen molar-refractivity contribution in [1.29, 1.82) is 0 Å². The van der Waals surface area contributed by atoms with Crippen molar-refractivity contribution in [2.24, 2.45) is 5.92 Å². The van der Waals surface area contributed by atoms with Gasteiger partial charge in [0.25, 0.3) is 0 Å². The van der Waals surface area contributed by atoms with E-state index in [9.17, 15) is 18.0 Å². The maximum atomic E-state index is 12.7. The number of likely N-dealkylation sites (tertiary alicyclic amines) is 1. The van der Waals surface area contributed by atoms with E-state index in [4.69, 9.17) is 4.74 Å². The number of hydrogen-bond acceptors (Lipinski definition) is 2. The largest absolute Gasteiger partial charge is 0.444 e. The van der Waals surface area contributed by atoms with Gasteiger partial charge in [0.1, 0.15) is 5.60 Å². The van der Waals surface area contributed by atoms with E-state index in [1.54, 1.807) is 25.7 Å². The number of rotatable bonds is 2. The van der Waals surface area contributed by atoms with Gasteiger partial charge in [-0.05, 0) is 44.4 Å². The summed E-state index contributed by atoms with van der Waals surface area (Å²) in [6.07, 6.45) is -4.73. The average Bonchev–Trinajstić information content (AvgIpc) is 2.89. The van der Waals surface area contributed by atoms with Gasteiger partial charge in [-0.25, -0.2) is 4.79 Å². The van der Waals surface area contributed by atoms with E-state index in [-0.39, 0.29) is 17.9 Å². The van der Waals surface area contributed by atoms with Gasteiger partial charge < -0.3 is 9.64 Å². The number of hydrogen-bond donors (Lipinski definition) is 0. The number of amides is 1. The van der Waals surface area contributed by atoms with Crippen LogP contribution in [0.3, 0.4) is 0 Å². The molecule has 1 aromatic carbocycles.